The molecule has 1 aliphatic rings. The lowest BCUT2D eigenvalue weighted by Crippen LogP contribution is -2.31. The minimum Gasteiger partial charge on any atom is -0.367 e. The highest BCUT2D eigenvalue weighted by atomic mass is 32.1. The van der Waals surface area contributed by atoms with Crippen LogP contribution in [0.4, 0.5) is 0 Å². The van der Waals surface area contributed by atoms with E-state index in [1.165, 1.54) is 0 Å². The molecule has 1 fully saturated rings. The first-order valence-electron chi connectivity index (χ1n) is 6.46. The number of thiophene rings is 1. The summed E-state index contributed by atoms with van der Waals surface area (Å²) in [4.78, 5) is 5.46. The number of rotatable bonds is 3. The Morgan fingerprint density at radius 2 is 2.37 bits per heavy atom. The molecule has 0 amide bonds. The van der Waals surface area contributed by atoms with E-state index >= 15 is 0 Å². The van der Waals surface area contributed by atoms with Crippen molar-refractivity contribution in [3.8, 4) is 0 Å². The van der Waals surface area contributed by atoms with E-state index in [9.17, 15) is 0 Å². The molecule has 2 aromatic rings. The molecule has 0 aromatic carbocycles. The third-order valence-electron chi connectivity index (χ3n) is 3.50. The fraction of sp³-hybridized carbons (Fsp3) is 0.538. The molecule has 2 atom stereocenters. The second kappa shape index (κ2) is 5.03. The summed E-state index contributed by atoms with van der Waals surface area (Å²) in [6.07, 6.45) is 3.13. The van der Waals surface area contributed by atoms with Gasteiger partial charge in [0.2, 0.25) is 11.7 Å². The minimum absolute atomic E-state index is 0.353. The largest absolute Gasteiger partial charge is 0.367 e. The third-order valence-corrected chi connectivity index (χ3v) is 4.45. The molecular formula is C13H17N3O2S. The molecular weight excluding hydrogens is 262 g/mol. The van der Waals surface area contributed by atoms with E-state index in [0.717, 1.165) is 30.7 Å². The molecule has 2 aromatic heterocycles. The molecule has 0 aliphatic carbocycles. The molecule has 1 aliphatic heterocycles. The molecule has 5 nitrogen and oxygen atoms in total. The van der Waals surface area contributed by atoms with Gasteiger partial charge in [0.1, 0.15) is 11.6 Å². The van der Waals surface area contributed by atoms with Crippen LogP contribution in [-0.2, 0) is 10.3 Å². The molecule has 1 saturated heterocycles. The highest BCUT2D eigenvalue weighted by Crippen LogP contribution is 2.33. The van der Waals surface area contributed by atoms with Gasteiger partial charge in [0.05, 0.1) is 0 Å². The maximum absolute atomic E-state index is 6.12. The van der Waals surface area contributed by atoms with Crippen LogP contribution in [0.25, 0.3) is 0 Å². The van der Waals surface area contributed by atoms with Crippen LogP contribution in [0.3, 0.4) is 0 Å². The smallest absolute Gasteiger partial charge is 0.249 e. The van der Waals surface area contributed by atoms with E-state index in [1.807, 2.05) is 24.4 Å². The maximum atomic E-state index is 6.12. The second-order valence-electron chi connectivity index (χ2n) is 4.99. The molecule has 2 unspecified atom stereocenters. The van der Waals surface area contributed by atoms with Crippen LogP contribution in [0.15, 0.2) is 22.0 Å². The van der Waals surface area contributed by atoms with Gasteiger partial charge < -0.3 is 15.0 Å². The first-order chi connectivity index (χ1) is 9.19. The predicted octanol–water partition coefficient (Wildman–Crippen LogP) is 2.59. The molecule has 3 rings (SSSR count). The summed E-state index contributed by atoms with van der Waals surface area (Å²) in [6.45, 7) is 2.76. The van der Waals surface area contributed by atoms with E-state index in [1.54, 1.807) is 11.3 Å². The number of ether oxygens (including phenoxy) is 1. The molecule has 102 valence electrons. The number of hydrogen-bond donors (Lipinski definition) is 1. The minimum atomic E-state index is -0.435. The Kier molecular flexibility index (Phi) is 3.38. The van der Waals surface area contributed by atoms with Crippen LogP contribution >= 0.6 is 11.3 Å². The van der Waals surface area contributed by atoms with Gasteiger partial charge >= 0.3 is 0 Å². The summed E-state index contributed by atoms with van der Waals surface area (Å²) in [7, 11) is 0. The maximum Gasteiger partial charge on any atom is 0.249 e. The van der Waals surface area contributed by atoms with Crippen LogP contribution in [0.2, 0.25) is 0 Å². The number of hydrogen-bond acceptors (Lipinski definition) is 6. The van der Waals surface area contributed by atoms with Crippen LogP contribution < -0.4 is 5.73 Å². The van der Waals surface area contributed by atoms with Gasteiger partial charge in [0.15, 0.2) is 0 Å². The van der Waals surface area contributed by atoms with E-state index < -0.39 is 5.60 Å². The zero-order valence-corrected chi connectivity index (χ0v) is 11.7. The van der Waals surface area contributed by atoms with Crippen LogP contribution in [-0.4, -0.2) is 16.7 Å². The Morgan fingerprint density at radius 3 is 3.05 bits per heavy atom. The predicted molar refractivity (Wildman–Crippen MR) is 71.8 cm³/mol. The van der Waals surface area contributed by atoms with Crippen LogP contribution in [0, 0.1) is 0 Å². The molecule has 0 bridgehead atoms. The van der Waals surface area contributed by atoms with Gasteiger partial charge in [-0.25, -0.2) is 0 Å². The molecule has 19 heavy (non-hydrogen) atoms. The molecule has 0 spiro atoms. The van der Waals surface area contributed by atoms with Crippen molar-refractivity contribution in [1.29, 1.82) is 0 Å². The van der Waals surface area contributed by atoms with Gasteiger partial charge in [-0.1, -0.05) is 11.2 Å². The molecule has 6 heteroatoms. The van der Waals surface area contributed by atoms with Gasteiger partial charge in [-0.2, -0.15) is 4.98 Å². The zero-order chi connectivity index (χ0) is 13.3. The summed E-state index contributed by atoms with van der Waals surface area (Å²) < 4.78 is 11.1. The summed E-state index contributed by atoms with van der Waals surface area (Å²) in [6, 6.07) is 3.58. The Labute approximate surface area is 115 Å². The number of nitrogens with two attached hydrogens (primary N) is 1. The van der Waals surface area contributed by atoms with Crippen molar-refractivity contribution >= 4 is 11.3 Å². The van der Waals surface area contributed by atoms with Crippen molar-refractivity contribution in [1.82, 2.24) is 10.1 Å². The lowest BCUT2D eigenvalue weighted by molar-refractivity contribution is -0.0770. The molecule has 0 radical (unpaired) electrons. The SMILES string of the molecule is CC1(c2noc(C(N)c3cccs3)n2)CCCCO1. The summed E-state index contributed by atoms with van der Waals surface area (Å²) >= 11 is 1.59. The Hall–Kier alpha value is -1.24. The molecule has 0 saturated carbocycles. The van der Waals surface area contributed by atoms with Crippen molar-refractivity contribution < 1.29 is 9.26 Å². The summed E-state index contributed by atoms with van der Waals surface area (Å²) in [5.41, 5.74) is 5.68. The lowest BCUT2D eigenvalue weighted by atomic mass is 9.95. The summed E-state index contributed by atoms with van der Waals surface area (Å²) in [5.74, 6) is 1.06. The van der Waals surface area contributed by atoms with E-state index in [2.05, 4.69) is 10.1 Å². The quantitative estimate of drug-likeness (QED) is 0.934. The first-order valence-corrected chi connectivity index (χ1v) is 7.34. The van der Waals surface area contributed by atoms with Crippen molar-refractivity contribution in [3.05, 3.63) is 34.1 Å². The summed E-state index contributed by atoms with van der Waals surface area (Å²) in [5, 5.41) is 6.04. The Morgan fingerprint density at radius 1 is 1.47 bits per heavy atom. The van der Waals surface area contributed by atoms with Gasteiger partial charge in [0.25, 0.3) is 0 Å². The van der Waals surface area contributed by atoms with Crippen molar-refractivity contribution in [2.24, 2.45) is 5.73 Å². The fourth-order valence-electron chi connectivity index (χ4n) is 2.28. The topological polar surface area (TPSA) is 74.2 Å². The van der Waals surface area contributed by atoms with Crippen molar-refractivity contribution in [2.45, 2.75) is 37.8 Å². The van der Waals surface area contributed by atoms with Gasteiger partial charge in [0, 0.05) is 11.5 Å². The number of aromatic nitrogens is 2. The fourth-order valence-corrected chi connectivity index (χ4v) is 3.00. The highest BCUT2D eigenvalue weighted by Gasteiger charge is 2.35. The van der Waals surface area contributed by atoms with E-state index in [0.29, 0.717) is 11.7 Å². The van der Waals surface area contributed by atoms with Crippen LogP contribution in [0.1, 0.15) is 48.8 Å². The average Bonchev–Trinajstić information content (AvgIpc) is 3.11. The Balaban J connectivity index is 1.83. The normalized spacial score (nSPS) is 25.4. The zero-order valence-electron chi connectivity index (χ0n) is 10.8. The van der Waals surface area contributed by atoms with Crippen molar-refractivity contribution in [3.63, 3.8) is 0 Å². The monoisotopic (exact) mass is 279 g/mol. The lowest BCUT2D eigenvalue weighted by Gasteiger charge is -2.30. The van der Waals surface area contributed by atoms with E-state index in [-0.39, 0.29) is 6.04 Å². The second-order valence-corrected chi connectivity index (χ2v) is 5.97. The van der Waals surface area contributed by atoms with Gasteiger partial charge in [-0.05, 0) is 37.6 Å². The van der Waals surface area contributed by atoms with Crippen molar-refractivity contribution in [2.75, 3.05) is 6.61 Å². The van der Waals surface area contributed by atoms with Gasteiger partial charge in [-0.15, -0.1) is 11.3 Å². The standard InChI is InChI=1S/C13H17N3O2S/c1-13(6-2-3-7-17-13)12-15-11(18-16-12)10(14)9-5-4-8-19-9/h4-5,8,10H,2-3,6-7,14H2,1H3. The third kappa shape index (κ3) is 2.43. The average molecular weight is 279 g/mol. The molecule has 2 N–H and O–H groups in total. The van der Waals surface area contributed by atoms with E-state index in [4.69, 9.17) is 15.0 Å². The first kappa shape index (κ1) is 12.8. The van der Waals surface area contributed by atoms with Gasteiger partial charge in [-0.3, -0.25) is 0 Å². The Bertz CT molecular complexity index is 532. The highest BCUT2D eigenvalue weighted by molar-refractivity contribution is 7.10. The van der Waals surface area contributed by atoms with Crippen LogP contribution in [0.5, 0.6) is 0 Å². The molecule has 3 heterocycles. The number of nitrogens with zero attached hydrogens (tertiary/aromatic N) is 2.